The first-order valence-electron chi connectivity index (χ1n) is 11.5. The molecule has 0 saturated heterocycles. The molecule has 8 heteroatoms. The number of rotatable bonds is 7. The summed E-state index contributed by atoms with van der Waals surface area (Å²) in [5, 5.41) is 0.850. The van der Waals surface area contributed by atoms with E-state index in [-0.39, 0.29) is 22.2 Å². The zero-order chi connectivity index (χ0) is 24.6. The number of carbonyl (C=O) groups is 1. The number of fused-ring (bicyclic) bond motifs is 3. The minimum atomic E-state index is -3.94. The van der Waals surface area contributed by atoms with Crippen molar-refractivity contribution in [1.82, 2.24) is 4.72 Å². The van der Waals surface area contributed by atoms with Crippen LogP contribution in [0.1, 0.15) is 48.9 Å². The number of aryl methyl sites for hydroxylation is 3. The highest BCUT2D eigenvalue weighted by Crippen LogP contribution is 2.33. The van der Waals surface area contributed by atoms with Crippen molar-refractivity contribution in [2.75, 3.05) is 0 Å². The van der Waals surface area contributed by atoms with E-state index in [1.807, 2.05) is 13.8 Å². The maximum Gasteiger partial charge on any atom is 0.339 e. The van der Waals surface area contributed by atoms with Gasteiger partial charge in [-0.05, 0) is 68.9 Å². The van der Waals surface area contributed by atoms with E-state index in [4.69, 9.17) is 9.15 Å². The summed E-state index contributed by atoms with van der Waals surface area (Å²) in [6.07, 6.45) is 2.99. The molecule has 1 aliphatic rings. The van der Waals surface area contributed by atoms with Crippen molar-refractivity contribution in [1.29, 1.82) is 0 Å². The second-order valence-electron chi connectivity index (χ2n) is 8.98. The summed E-state index contributed by atoms with van der Waals surface area (Å²) in [6, 6.07) is 8.80. The topological polar surface area (TPSA) is 103 Å². The van der Waals surface area contributed by atoms with Crippen LogP contribution in [-0.4, -0.2) is 20.4 Å². The minimum Gasteiger partial charge on any atom is -0.425 e. The molecule has 0 amide bonds. The Morgan fingerprint density at radius 2 is 1.76 bits per heavy atom. The number of carbonyl (C=O) groups excluding carboxylic acids is 1. The van der Waals surface area contributed by atoms with Crippen LogP contribution < -0.4 is 15.1 Å². The third-order valence-corrected chi connectivity index (χ3v) is 8.09. The highest BCUT2D eigenvalue weighted by atomic mass is 32.2. The van der Waals surface area contributed by atoms with Gasteiger partial charge in [0.15, 0.2) is 0 Å². The Hall–Kier alpha value is -2.97. The van der Waals surface area contributed by atoms with Crippen molar-refractivity contribution < 1.29 is 22.4 Å². The van der Waals surface area contributed by atoms with E-state index in [2.05, 4.69) is 4.72 Å². The normalized spacial score (nSPS) is 15.2. The van der Waals surface area contributed by atoms with Gasteiger partial charge in [0.2, 0.25) is 10.0 Å². The molecule has 0 radical (unpaired) electrons. The Morgan fingerprint density at radius 1 is 1.09 bits per heavy atom. The molecular weight excluding hydrogens is 454 g/mol. The molecule has 180 valence electrons. The van der Waals surface area contributed by atoms with E-state index in [0.29, 0.717) is 24.0 Å². The second-order valence-corrected chi connectivity index (χ2v) is 10.7. The monoisotopic (exact) mass is 483 g/mol. The Bertz CT molecular complexity index is 1410. The number of esters is 1. The summed E-state index contributed by atoms with van der Waals surface area (Å²) < 4.78 is 39.7. The lowest BCUT2D eigenvalue weighted by Crippen LogP contribution is -2.47. The first kappa shape index (κ1) is 24.2. The molecule has 1 heterocycles. The van der Waals surface area contributed by atoms with Crippen LogP contribution in [0.25, 0.3) is 11.0 Å². The molecule has 2 atom stereocenters. The highest BCUT2D eigenvalue weighted by Gasteiger charge is 2.32. The van der Waals surface area contributed by atoms with Crippen LogP contribution in [0.4, 0.5) is 0 Å². The third kappa shape index (κ3) is 4.52. The average molecular weight is 484 g/mol. The Morgan fingerprint density at radius 3 is 2.44 bits per heavy atom. The molecule has 0 saturated carbocycles. The molecular formula is C26H29NO6S. The lowest BCUT2D eigenvalue weighted by atomic mass is 10.0. The molecule has 2 aromatic carbocycles. The number of sulfonamides is 1. The summed E-state index contributed by atoms with van der Waals surface area (Å²) in [5.41, 5.74) is 3.23. The molecule has 1 aliphatic carbocycles. The average Bonchev–Trinajstić information content (AvgIpc) is 3.30. The van der Waals surface area contributed by atoms with Crippen molar-refractivity contribution >= 4 is 27.0 Å². The van der Waals surface area contributed by atoms with E-state index >= 15 is 0 Å². The van der Waals surface area contributed by atoms with Crippen molar-refractivity contribution in [2.45, 2.75) is 64.3 Å². The molecule has 4 rings (SSSR count). The molecule has 1 aromatic heterocycles. The molecule has 0 fully saturated rings. The fourth-order valence-corrected chi connectivity index (χ4v) is 5.62. The van der Waals surface area contributed by atoms with Crippen LogP contribution in [0.5, 0.6) is 5.75 Å². The summed E-state index contributed by atoms with van der Waals surface area (Å²) in [4.78, 5) is 25.7. The Kier molecular flexibility index (Phi) is 6.64. The largest absolute Gasteiger partial charge is 0.425 e. The minimum absolute atomic E-state index is 0.0803. The predicted octanol–water partition coefficient (Wildman–Crippen LogP) is 4.20. The molecule has 1 N–H and O–H groups in total. The standard InChI is InChI=1S/C26H29NO6S/c1-5-16(3)23(27-34(30,31)18-11-9-15(2)10-12-18)26(29)32-22-14-13-20-19-7-6-8-21(19)25(28)33-24(20)17(22)4/h9-14,16,23,27H,5-8H2,1-4H3/t16-,23-/m1/s1. The Balaban J connectivity index is 1.64. The van der Waals surface area contributed by atoms with E-state index < -0.39 is 22.0 Å². The zero-order valence-electron chi connectivity index (χ0n) is 19.8. The van der Waals surface area contributed by atoms with Gasteiger partial charge in [0.1, 0.15) is 17.4 Å². The summed E-state index contributed by atoms with van der Waals surface area (Å²) >= 11 is 0. The first-order chi connectivity index (χ1) is 16.1. The number of hydrogen-bond donors (Lipinski definition) is 1. The van der Waals surface area contributed by atoms with Gasteiger partial charge in [-0.2, -0.15) is 4.72 Å². The molecule has 7 nitrogen and oxygen atoms in total. The van der Waals surface area contributed by atoms with Crippen molar-refractivity contribution in [3.8, 4) is 5.75 Å². The van der Waals surface area contributed by atoms with Crippen LogP contribution >= 0.6 is 0 Å². The number of ether oxygens (including phenoxy) is 1. The number of benzene rings is 2. The van der Waals surface area contributed by atoms with Gasteiger partial charge < -0.3 is 9.15 Å². The summed E-state index contributed by atoms with van der Waals surface area (Å²) in [7, 11) is -3.94. The molecule has 3 aromatic rings. The molecule has 0 unspecified atom stereocenters. The van der Waals surface area contributed by atoms with Gasteiger partial charge in [0, 0.05) is 16.5 Å². The second kappa shape index (κ2) is 9.35. The fraction of sp³-hybridized carbons (Fsp3) is 0.385. The summed E-state index contributed by atoms with van der Waals surface area (Å²) in [5.74, 6) is -0.785. The SMILES string of the molecule is CC[C@@H](C)[C@@H](NS(=O)(=O)c1ccc(C)cc1)C(=O)Oc1ccc2c3c(c(=O)oc2c1C)CCC3. The molecule has 34 heavy (non-hydrogen) atoms. The first-order valence-corrected chi connectivity index (χ1v) is 13.0. The molecule has 0 spiro atoms. The number of nitrogens with one attached hydrogen (secondary N) is 1. The van der Waals surface area contributed by atoms with Gasteiger partial charge in [-0.15, -0.1) is 0 Å². The van der Waals surface area contributed by atoms with E-state index in [9.17, 15) is 18.0 Å². The Labute approximate surface area is 199 Å². The van der Waals surface area contributed by atoms with Gasteiger partial charge in [-0.25, -0.2) is 18.0 Å². The van der Waals surface area contributed by atoms with E-state index in [1.165, 1.54) is 12.1 Å². The molecule has 0 bridgehead atoms. The lowest BCUT2D eigenvalue weighted by Gasteiger charge is -2.23. The quantitative estimate of drug-likeness (QED) is 0.307. The van der Waals surface area contributed by atoms with E-state index in [0.717, 1.165) is 34.9 Å². The van der Waals surface area contributed by atoms with Crippen molar-refractivity contribution in [2.24, 2.45) is 5.92 Å². The van der Waals surface area contributed by atoms with Crippen LogP contribution in [0.2, 0.25) is 0 Å². The smallest absolute Gasteiger partial charge is 0.339 e. The van der Waals surface area contributed by atoms with Crippen LogP contribution in [0.15, 0.2) is 50.5 Å². The zero-order valence-corrected chi connectivity index (χ0v) is 20.6. The van der Waals surface area contributed by atoms with Crippen LogP contribution in [0, 0.1) is 19.8 Å². The maximum absolute atomic E-state index is 13.2. The third-order valence-electron chi connectivity index (χ3n) is 6.63. The lowest BCUT2D eigenvalue weighted by molar-refractivity contribution is -0.137. The van der Waals surface area contributed by atoms with Gasteiger partial charge in [0.05, 0.1) is 4.90 Å². The van der Waals surface area contributed by atoms with Gasteiger partial charge in [0.25, 0.3) is 0 Å². The highest BCUT2D eigenvalue weighted by molar-refractivity contribution is 7.89. The van der Waals surface area contributed by atoms with Crippen LogP contribution in [0.3, 0.4) is 0 Å². The van der Waals surface area contributed by atoms with Gasteiger partial charge >= 0.3 is 11.6 Å². The van der Waals surface area contributed by atoms with Gasteiger partial charge in [-0.3, -0.25) is 0 Å². The van der Waals surface area contributed by atoms with Crippen molar-refractivity contribution in [3.63, 3.8) is 0 Å². The van der Waals surface area contributed by atoms with Crippen molar-refractivity contribution in [3.05, 3.63) is 69.1 Å². The van der Waals surface area contributed by atoms with Gasteiger partial charge in [-0.1, -0.05) is 38.0 Å². The van der Waals surface area contributed by atoms with Crippen LogP contribution in [-0.2, 0) is 27.7 Å². The summed E-state index contributed by atoms with van der Waals surface area (Å²) in [6.45, 7) is 7.26. The predicted molar refractivity (Wildman–Crippen MR) is 130 cm³/mol. The maximum atomic E-state index is 13.2. The number of hydrogen-bond acceptors (Lipinski definition) is 6. The molecule has 0 aliphatic heterocycles. The fourth-order valence-electron chi connectivity index (χ4n) is 4.33. The van der Waals surface area contributed by atoms with E-state index in [1.54, 1.807) is 38.1 Å².